The lowest BCUT2D eigenvalue weighted by Gasteiger charge is -2.38. The van der Waals surface area contributed by atoms with Crippen LogP contribution in [0.15, 0.2) is 42.5 Å². The fourth-order valence-electron chi connectivity index (χ4n) is 5.29. The summed E-state index contributed by atoms with van der Waals surface area (Å²) in [4.78, 5) is 30.8. The minimum atomic E-state index is -0.390. The van der Waals surface area contributed by atoms with Gasteiger partial charge in [-0.2, -0.15) is 5.10 Å². The molecule has 2 amide bonds. The molecule has 0 radical (unpaired) electrons. The number of nitrogens with zero attached hydrogens (tertiary/aromatic N) is 4. The molecule has 0 aliphatic carbocycles. The van der Waals surface area contributed by atoms with E-state index >= 15 is 0 Å². The summed E-state index contributed by atoms with van der Waals surface area (Å²) in [5.41, 5.74) is 2.91. The Balaban J connectivity index is 1.44. The molecule has 2 aromatic carbocycles. The Kier molecular flexibility index (Phi) is 8.18. The molecule has 5 rings (SSSR count). The lowest BCUT2D eigenvalue weighted by atomic mass is 9.98. The molecule has 2 aliphatic heterocycles. The number of ether oxygens (including phenoxy) is 3. The van der Waals surface area contributed by atoms with Crippen molar-refractivity contribution in [3.8, 4) is 17.2 Å². The first-order chi connectivity index (χ1) is 19.6. The zero-order valence-corrected chi connectivity index (χ0v) is 24.1. The van der Waals surface area contributed by atoms with E-state index in [1.807, 2.05) is 46.0 Å². The summed E-state index contributed by atoms with van der Waals surface area (Å²) in [5, 5.41) is 17.2. The number of aliphatic hydroxyl groups excluding tert-OH is 1. The Hall–Kier alpha value is -4.09. The first-order valence-corrected chi connectivity index (χ1v) is 13.7. The molecule has 0 fully saturated rings. The van der Waals surface area contributed by atoms with Gasteiger partial charge in [0.15, 0.2) is 17.2 Å². The maximum atomic E-state index is 13.7. The fraction of sp³-hybridized carbons (Fsp3) is 0.433. The Bertz CT molecular complexity index is 1440. The first kappa shape index (κ1) is 28.4. The van der Waals surface area contributed by atoms with Crippen LogP contribution in [-0.2, 0) is 13.6 Å². The predicted molar refractivity (Wildman–Crippen MR) is 152 cm³/mol. The summed E-state index contributed by atoms with van der Waals surface area (Å²) in [7, 11) is 3.72. The van der Waals surface area contributed by atoms with Crippen molar-refractivity contribution in [1.82, 2.24) is 19.6 Å². The number of hydrogen-bond acceptors (Lipinski definition) is 8. The molecule has 11 heteroatoms. The van der Waals surface area contributed by atoms with Gasteiger partial charge in [-0.15, -0.1) is 0 Å². The van der Waals surface area contributed by atoms with Crippen LogP contribution < -0.4 is 19.5 Å². The number of rotatable bonds is 8. The smallest absolute Gasteiger partial charge is 0.274 e. The third-order valence-corrected chi connectivity index (χ3v) is 7.56. The van der Waals surface area contributed by atoms with Crippen LogP contribution in [0.5, 0.6) is 17.2 Å². The van der Waals surface area contributed by atoms with Crippen molar-refractivity contribution < 1.29 is 28.9 Å². The summed E-state index contributed by atoms with van der Waals surface area (Å²) in [6, 6.07) is 12.4. The lowest BCUT2D eigenvalue weighted by Crippen LogP contribution is -2.49. The zero-order valence-electron chi connectivity index (χ0n) is 24.1. The molecule has 2 N–H and O–H groups in total. The molecule has 0 saturated heterocycles. The molecule has 0 saturated carbocycles. The number of hydrogen-bond donors (Lipinski definition) is 2. The van der Waals surface area contributed by atoms with Gasteiger partial charge >= 0.3 is 0 Å². The minimum Gasteiger partial charge on any atom is -0.486 e. The van der Waals surface area contributed by atoms with Gasteiger partial charge in [0, 0.05) is 32.6 Å². The Morgan fingerprint density at radius 3 is 2.73 bits per heavy atom. The largest absolute Gasteiger partial charge is 0.486 e. The number of aryl methyl sites for hydroxylation is 2. The highest BCUT2D eigenvalue weighted by molar-refractivity contribution is 6.06. The van der Waals surface area contributed by atoms with Gasteiger partial charge in [0.1, 0.15) is 11.8 Å². The molecule has 41 heavy (non-hydrogen) atoms. The number of aromatic nitrogens is 2. The monoisotopic (exact) mass is 563 g/mol. The normalized spacial score (nSPS) is 18.9. The van der Waals surface area contributed by atoms with Crippen LogP contribution in [0.1, 0.15) is 46.0 Å². The van der Waals surface area contributed by atoms with Gasteiger partial charge in [-0.25, -0.2) is 0 Å². The second-order valence-corrected chi connectivity index (χ2v) is 10.9. The van der Waals surface area contributed by atoms with Gasteiger partial charge in [0.05, 0.1) is 29.6 Å². The van der Waals surface area contributed by atoms with E-state index in [9.17, 15) is 14.7 Å². The molecule has 218 valence electrons. The molecule has 0 spiro atoms. The van der Waals surface area contributed by atoms with Crippen LogP contribution in [0, 0.1) is 12.8 Å². The number of para-hydroxylation sites is 1. The Morgan fingerprint density at radius 1 is 1.22 bits per heavy atom. The van der Waals surface area contributed by atoms with Crippen molar-refractivity contribution in [1.29, 1.82) is 0 Å². The number of amides is 2. The summed E-state index contributed by atoms with van der Waals surface area (Å²) < 4.78 is 19.1. The van der Waals surface area contributed by atoms with Gasteiger partial charge in [-0.05, 0) is 56.8 Å². The molecule has 3 heterocycles. The number of benzene rings is 2. The van der Waals surface area contributed by atoms with Crippen molar-refractivity contribution in [3.05, 3.63) is 65.0 Å². The van der Waals surface area contributed by atoms with Crippen molar-refractivity contribution in [2.75, 3.05) is 38.9 Å². The van der Waals surface area contributed by atoms with Crippen LogP contribution in [0.3, 0.4) is 0 Å². The Labute approximate surface area is 239 Å². The van der Waals surface area contributed by atoms with E-state index in [-0.39, 0.29) is 37.2 Å². The van der Waals surface area contributed by atoms with E-state index in [2.05, 4.69) is 15.3 Å². The van der Waals surface area contributed by atoms with Crippen LogP contribution in [0.4, 0.5) is 5.69 Å². The second-order valence-electron chi connectivity index (χ2n) is 10.9. The number of carbonyl (C=O) groups is 2. The van der Waals surface area contributed by atoms with Crippen molar-refractivity contribution in [3.63, 3.8) is 0 Å². The van der Waals surface area contributed by atoms with Crippen LogP contribution in [0.2, 0.25) is 0 Å². The number of nitrogens with one attached hydrogen (secondary N) is 1. The van der Waals surface area contributed by atoms with Gasteiger partial charge in [-0.3, -0.25) is 19.2 Å². The predicted octanol–water partition coefficient (Wildman–Crippen LogP) is 3.06. The quantitative estimate of drug-likeness (QED) is 0.430. The highest BCUT2D eigenvalue weighted by Gasteiger charge is 2.35. The highest BCUT2D eigenvalue weighted by atomic mass is 16.7. The summed E-state index contributed by atoms with van der Waals surface area (Å²) >= 11 is 0. The van der Waals surface area contributed by atoms with E-state index in [0.717, 1.165) is 22.8 Å². The van der Waals surface area contributed by atoms with Crippen molar-refractivity contribution in [2.45, 2.75) is 39.5 Å². The molecule has 2 aliphatic rings. The molecule has 1 aromatic heterocycles. The molecular weight excluding hydrogens is 526 g/mol. The van der Waals surface area contributed by atoms with Crippen LogP contribution in [-0.4, -0.2) is 82.2 Å². The minimum absolute atomic E-state index is 0.0798. The third-order valence-electron chi connectivity index (χ3n) is 7.56. The van der Waals surface area contributed by atoms with Crippen LogP contribution >= 0.6 is 0 Å². The van der Waals surface area contributed by atoms with E-state index in [0.29, 0.717) is 42.3 Å². The maximum absolute atomic E-state index is 13.7. The van der Waals surface area contributed by atoms with Crippen molar-refractivity contribution in [2.24, 2.45) is 13.0 Å². The van der Waals surface area contributed by atoms with E-state index in [4.69, 9.17) is 14.2 Å². The molecule has 3 atom stereocenters. The summed E-state index contributed by atoms with van der Waals surface area (Å²) in [6.45, 7) is 7.34. The molecular formula is C30H37N5O6. The summed E-state index contributed by atoms with van der Waals surface area (Å²) in [6.07, 6.45) is -0.328. The van der Waals surface area contributed by atoms with Crippen LogP contribution in [0.25, 0.3) is 0 Å². The standard InChI is InChI=1S/C30H37N5O6/c1-18-13-35(20(3)16-36)30(38)22-7-6-8-23(31-29(37)24-11-19(2)32-34(24)5)28(22)41-27(18)15-33(4)14-21-9-10-25-26(12-21)40-17-39-25/h6-12,18,20,27,36H,13-17H2,1-5H3,(H,31,37)/t18-,20+,27-/m0/s1. The number of fused-ring (bicyclic) bond motifs is 2. The van der Waals surface area contributed by atoms with Gasteiger partial charge < -0.3 is 29.5 Å². The molecule has 0 bridgehead atoms. The average Bonchev–Trinajstić information content (AvgIpc) is 3.55. The van der Waals surface area contributed by atoms with Gasteiger partial charge in [0.2, 0.25) is 6.79 Å². The van der Waals surface area contributed by atoms with Gasteiger partial charge in [0.25, 0.3) is 11.8 Å². The zero-order chi connectivity index (χ0) is 29.3. The molecule has 3 aromatic rings. The first-order valence-electron chi connectivity index (χ1n) is 13.7. The topological polar surface area (TPSA) is 118 Å². The average molecular weight is 564 g/mol. The SMILES string of the molecule is Cc1cc(C(=O)Nc2cccc3c2O[C@@H](CN(C)Cc2ccc4c(c2)OCO4)[C@@H](C)CN([C@H](C)CO)C3=O)n(C)n1. The number of anilines is 1. The molecule has 11 nitrogen and oxygen atoms in total. The van der Waals surface area contributed by atoms with Gasteiger partial charge in [-0.1, -0.05) is 19.1 Å². The lowest BCUT2D eigenvalue weighted by molar-refractivity contribution is 0.0343. The fourth-order valence-corrected chi connectivity index (χ4v) is 5.29. The number of aliphatic hydroxyl groups is 1. The van der Waals surface area contributed by atoms with E-state index < -0.39 is 6.04 Å². The summed E-state index contributed by atoms with van der Waals surface area (Å²) in [5.74, 6) is 1.09. The number of likely N-dealkylation sites (N-methyl/N-ethyl adjacent to an activating group) is 1. The van der Waals surface area contributed by atoms with E-state index in [1.165, 1.54) is 4.68 Å². The second kappa shape index (κ2) is 11.8. The molecule has 0 unspecified atom stereocenters. The highest BCUT2D eigenvalue weighted by Crippen LogP contribution is 2.36. The van der Waals surface area contributed by atoms with Crippen molar-refractivity contribution >= 4 is 17.5 Å². The number of carbonyl (C=O) groups excluding carboxylic acids is 2. The Morgan fingerprint density at radius 2 is 2.00 bits per heavy atom. The maximum Gasteiger partial charge on any atom is 0.274 e. The third kappa shape index (κ3) is 6.01. The van der Waals surface area contributed by atoms with E-state index in [1.54, 1.807) is 36.2 Å².